The predicted molar refractivity (Wildman–Crippen MR) is 35.6 cm³/mol. The van der Waals surface area contributed by atoms with Crippen LogP contribution in [0.2, 0.25) is 0 Å². The molecule has 0 aliphatic heterocycles. The summed E-state index contributed by atoms with van der Waals surface area (Å²) in [6, 6.07) is 0. The zero-order valence-electron chi connectivity index (χ0n) is 5.85. The average molecular weight is 214 g/mol. The summed E-state index contributed by atoms with van der Waals surface area (Å²) in [5, 5.41) is -1.33. The second kappa shape index (κ2) is 2.95. The Morgan fingerprint density at radius 2 is 2.00 bits per heavy atom. The fraction of sp³-hybridized carbons (Fsp3) is 0.200. The van der Waals surface area contributed by atoms with Gasteiger partial charge in [0.25, 0.3) is 11.2 Å². The number of thiazole rings is 1. The van der Waals surface area contributed by atoms with Crippen molar-refractivity contribution in [1.29, 1.82) is 0 Å². The van der Waals surface area contributed by atoms with E-state index < -0.39 is 27.9 Å². The van der Waals surface area contributed by atoms with Crippen molar-refractivity contribution in [2.75, 3.05) is 0 Å². The molecule has 3 nitrogen and oxygen atoms in total. The summed E-state index contributed by atoms with van der Waals surface area (Å²) in [7, 11) is 0. The normalized spacial score (nSPS) is 11.7. The smallest absolute Gasteiger partial charge is 0.364 e. The lowest BCUT2D eigenvalue weighted by atomic mass is 10.3. The number of aromatic nitrogens is 1. The van der Waals surface area contributed by atoms with E-state index in [-0.39, 0.29) is 11.3 Å². The summed E-state index contributed by atoms with van der Waals surface area (Å²) in [5.74, 6) is -1.40. The van der Waals surface area contributed by atoms with Crippen molar-refractivity contribution in [2.45, 2.75) is 6.18 Å². The Bertz CT molecular complexity index is 345. The molecule has 0 aliphatic rings. The van der Waals surface area contributed by atoms with Gasteiger partial charge in [-0.25, -0.2) is 4.98 Å². The lowest BCUT2D eigenvalue weighted by molar-refractivity contribution is -0.134. The molecule has 0 radical (unpaired) electrons. The van der Waals surface area contributed by atoms with Crippen LogP contribution in [0.5, 0.6) is 0 Å². The Hall–Kier alpha value is -1.18. The van der Waals surface area contributed by atoms with E-state index in [0.29, 0.717) is 0 Å². The molecule has 0 bridgehead atoms. The molecule has 2 N–H and O–H groups in total. The number of nitrogens with two attached hydrogens (primary N) is 1. The maximum absolute atomic E-state index is 12.3. The fourth-order valence-electron chi connectivity index (χ4n) is 0.653. The first-order valence-electron chi connectivity index (χ1n) is 2.85. The highest BCUT2D eigenvalue weighted by molar-refractivity contribution is 7.10. The molecule has 1 heterocycles. The number of carbonyl (C=O) groups is 1. The van der Waals surface area contributed by atoms with Crippen LogP contribution in [0, 0.1) is 5.26 Å². The number of halogens is 4. The molecule has 0 saturated heterocycles. The van der Waals surface area contributed by atoms with Gasteiger partial charge in [0.15, 0.2) is 5.69 Å². The van der Waals surface area contributed by atoms with Crippen LogP contribution in [-0.2, 0) is 6.18 Å². The van der Waals surface area contributed by atoms with Gasteiger partial charge in [0.2, 0.25) is 0 Å². The third-order valence-electron chi connectivity index (χ3n) is 1.09. The zero-order valence-corrected chi connectivity index (χ0v) is 6.67. The van der Waals surface area contributed by atoms with Crippen molar-refractivity contribution in [3.8, 4) is 0 Å². The second-order valence-electron chi connectivity index (χ2n) is 2.01. The summed E-state index contributed by atoms with van der Waals surface area (Å²) in [4.78, 5) is 11.7. The minimum atomic E-state index is -4.80. The number of carbonyl (C=O) groups excluding carboxylic acids is 1. The van der Waals surface area contributed by atoms with E-state index in [4.69, 9.17) is 0 Å². The molecule has 0 atom stereocenters. The Morgan fingerprint density at radius 1 is 1.46 bits per heavy atom. The summed E-state index contributed by atoms with van der Waals surface area (Å²) in [5.41, 5.74) is 3.49. The van der Waals surface area contributed by atoms with Crippen LogP contribution in [0.1, 0.15) is 15.4 Å². The van der Waals surface area contributed by atoms with Gasteiger partial charge in [-0.1, -0.05) is 11.3 Å². The number of nitrogens with zero attached hydrogens (tertiary/aromatic N) is 1. The van der Waals surface area contributed by atoms with Crippen molar-refractivity contribution < 1.29 is 22.4 Å². The number of amides is 1. The lowest BCUT2D eigenvalue weighted by Gasteiger charge is -2.02. The number of rotatable bonds is 1. The molecular formula is C5H2F4N2OS. The topological polar surface area (TPSA) is 56.0 Å². The Labute approximate surface area is 73.2 Å². The van der Waals surface area contributed by atoms with E-state index in [1.54, 1.807) is 0 Å². The molecule has 1 aromatic rings. The Morgan fingerprint density at radius 3 is 2.31 bits per heavy atom. The number of hydrogen-bond acceptors (Lipinski definition) is 3. The predicted octanol–water partition coefficient (Wildman–Crippen LogP) is 1.40. The highest BCUT2D eigenvalue weighted by Crippen LogP contribution is 2.35. The molecule has 13 heavy (non-hydrogen) atoms. The number of primary amides is 1. The van der Waals surface area contributed by atoms with Crippen LogP contribution in [0.15, 0.2) is 0 Å². The van der Waals surface area contributed by atoms with Crippen molar-refractivity contribution in [3.05, 3.63) is 15.8 Å². The highest BCUT2D eigenvalue weighted by Gasteiger charge is 2.38. The molecular weight excluding hydrogens is 212 g/mol. The first kappa shape index (κ1) is 9.90. The second-order valence-corrected chi connectivity index (χ2v) is 2.96. The molecule has 1 rings (SSSR count). The molecule has 0 aromatic carbocycles. The molecule has 72 valence electrons. The van der Waals surface area contributed by atoms with Gasteiger partial charge in [-0.3, -0.25) is 4.79 Å². The Balaban J connectivity index is 3.28. The van der Waals surface area contributed by atoms with Gasteiger partial charge in [-0.2, -0.15) is 17.6 Å². The maximum Gasteiger partial charge on any atom is 0.428 e. The van der Waals surface area contributed by atoms with E-state index >= 15 is 0 Å². The van der Waals surface area contributed by atoms with Crippen molar-refractivity contribution >= 4 is 17.2 Å². The van der Waals surface area contributed by atoms with Crippen LogP contribution in [0.3, 0.4) is 0 Å². The van der Waals surface area contributed by atoms with Gasteiger partial charge in [0.1, 0.15) is 4.88 Å². The molecule has 0 saturated carbocycles. The molecule has 1 amide bonds. The van der Waals surface area contributed by atoms with Gasteiger partial charge < -0.3 is 5.73 Å². The standard InChI is InChI=1S/C5H2F4N2OS/c6-4-11-1(3(10)12)2(13-4)5(7,8)9/h(H2,10,12). The van der Waals surface area contributed by atoms with Gasteiger partial charge in [-0.15, -0.1) is 0 Å². The summed E-state index contributed by atoms with van der Waals surface area (Å²) < 4.78 is 48.3. The van der Waals surface area contributed by atoms with Crippen LogP contribution < -0.4 is 5.73 Å². The Kier molecular flexibility index (Phi) is 2.24. The van der Waals surface area contributed by atoms with E-state index in [0.717, 1.165) is 0 Å². The van der Waals surface area contributed by atoms with Crippen molar-refractivity contribution in [3.63, 3.8) is 0 Å². The first-order chi connectivity index (χ1) is 5.82. The SMILES string of the molecule is NC(=O)c1nc(F)sc1C(F)(F)F. The summed E-state index contributed by atoms with van der Waals surface area (Å²) in [6.07, 6.45) is -4.80. The first-order valence-corrected chi connectivity index (χ1v) is 3.67. The number of hydrogen-bond donors (Lipinski definition) is 1. The van der Waals surface area contributed by atoms with Crippen LogP contribution >= 0.6 is 11.3 Å². The maximum atomic E-state index is 12.3. The summed E-state index contributed by atoms with van der Waals surface area (Å²) >= 11 is -0.254. The fourth-order valence-corrected chi connectivity index (χ4v) is 1.32. The van der Waals surface area contributed by atoms with Crippen LogP contribution in [-0.4, -0.2) is 10.9 Å². The van der Waals surface area contributed by atoms with Gasteiger partial charge in [0.05, 0.1) is 0 Å². The lowest BCUT2D eigenvalue weighted by Crippen LogP contribution is -2.17. The molecule has 0 unspecified atom stereocenters. The zero-order chi connectivity index (χ0) is 10.2. The van der Waals surface area contributed by atoms with Crippen molar-refractivity contribution in [2.24, 2.45) is 5.73 Å². The van der Waals surface area contributed by atoms with E-state index in [1.165, 1.54) is 0 Å². The van der Waals surface area contributed by atoms with E-state index in [1.807, 2.05) is 0 Å². The third kappa shape index (κ3) is 1.94. The molecule has 8 heteroatoms. The summed E-state index contributed by atoms with van der Waals surface area (Å²) in [6.45, 7) is 0. The molecule has 0 fully saturated rings. The minimum absolute atomic E-state index is 0.254. The van der Waals surface area contributed by atoms with Crippen molar-refractivity contribution in [1.82, 2.24) is 4.98 Å². The molecule has 1 aromatic heterocycles. The molecule has 0 aliphatic carbocycles. The van der Waals surface area contributed by atoms with Gasteiger partial charge in [-0.05, 0) is 0 Å². The molecule has 0 spiro atoms. The average Bonchev–Trinajstić information content (AvgIpc) is 2.29. The third-order valence-corrected chi connectivity index (χ3v) is 1.98. The largest absolute Gasteiger partial charge is 0.428 e. The van der Waals surface area contributed by atoms with E-state index in [2.05, 4.69) is 10.7 Å². The quantitative estimate of drug-likeness (QED) is 0.718. The van der Waals surface area contributed by atoms with Gasteiger partial charge in [0, 0.05) is 0 Å². The van der Waals surface area contributed by atoms with Gasteiger partial charge >= 0.3 is 6.18 Å². The monoisotopic (exact) mass is 214 g/mol. The highest BCUT2D eigenvalue weighted by atomic mass is 32.1. The van der Waals surface area contributed by atoms with Crippen LogP contribution in [0.25, 0.3) is 0 Å². The number of alkyl halides is 3. The van der Waals surface area contributed by atoms with Crippen LogP contribution in [0.4, 0.5) is 17.6 Å². The minimum Gasteiger partial charge on any atom is -0.364 e. The van der Waals surface area contributed by atoms with E-state index in [9.17, 15) is 22.4 Å².